The quantitative estimate of drug-likeness (QED) is 0.526. The molecule has 0 aromatic heterocycles. The van der Waals surface area contributed by atoms with Crippen LogP contribution in [0.3, 0.4) is 0 Å². The maximum atomic E-state index is 11.3. The second-order valence-electron chi connectivity index (χ2n) is 4.21. The van der Waals surface area contributed by atoms with Gasteiger partial charge in [0.1, 0.15) is 0 Å². The van der Waals surface area contributed by atoms with E-state index in [0.717, 1.165) is 26.2 Å². The molecule has 1 aliphatic rings. The van der Waals surface area contributed by atoms with E-state index in [2.05, 4.69) is 23.8 Å². The molecule has 0 aliphatic carbocycles. The van der Waals surface area contributed by atoms with Gasteiger partial charge in [0, 0.05) is 31.8 Å². The molecule has 0 amide bonds. The van der Waals surface area contributed by atoms with E-state index in [4.69, 9.17) is 9.47 Å². The maximum Gasteiger partial charge on any atom is 0.334 e. The third-order valence-electron chi connectivity index (χ3n) is 2.62. The normalized spacial score (nSPS) is 21.2. The van der Waals surface area contributed by atoms with Gasteiger partial charge in [0.2, 0.25) is 0 Å². The first-order valence-corrected chi connectivity index (χ1v) is 5.99. The van der Waals surface area contributed by atoms with Crippen LogP contribution in [0.2, 0.25) is 0 Å². The third kappa shape index (κ3) is 5.30. The molecule has 5 heteroatoms. The Balaban J connectivity index is 2.14. The van der Waals surface area contributed by atoms with Crippen LogP contribution >= 0.6 is 0 Å². The highest BCUT2D eigenvalue weighted by Gasteiger charge is 2.17. The van der Waals surface area contributed by atoms with E-state index in [1.165, 1.54) is 0 Å². The number of hydrogen-bond acceptors (Lipinski definition) is 5. The lowest BCUT2D eigenvalue weighted by Crippen LogP contribution is -2.45. The van der Waals surface area contributed by atoms with Crippen LogP contribution in [0.1, 0.15) is 6.92 Å². The highest BCUT2D eigenvalue weighted by molar-refractivity contribution is 5.88. The second-order valence-corrected chi connectivity index (χ2v) is 4.21. The number of carbonyl (C=O) groups is 1. The SMILES string of the molecule is C=C(CNCC1CN(C)CCO1)C(=O)OCC. The Morgan fingerprint density at radius 3 is 3.06 bits per heavy atom. The number of carbonyl (C=O) groups excluding carboxylic acids is 1. The van der Waals surface area contributed by atoms with E-state index >= 15 is 0 Å². The fourth-order valence-corrected chi connectivity index (χ4v) is 1.68. The van der Waals surface area contributed by atoms with Crippen molar-refractivity contribution < 1.29 is 14.3 Å². The van der Waals surface area contributed by atoms with Crippen LogP contribution in [-0.4, -0.2) is 63.4 Å². The average molecular weight is 242 g/mol. The summed E-state index contributed by atoms with van der Waals surface area (Å²) in [6.45, 7) is 9.68. The maximum absolute atomic E-state index is 11.3. The lowest BCUT2D eigenvalue weighted by Gasteiger charge is -2.30. The van der Waals surface area contributed by atoms with Gasteiger partial charge in [-0.3, -0.25) is 0 Å². The Labute approximate surface area is 103 Å². The molecule has 1 saturated heterocycles. The van der Waals surface area contributed by atoms with Crippen LogP contribution in [0.4, 0.5) is 0 Å². The average Bonchev–Trinajstić information content (AvgIpc) is 2.29. The molecule has 1 aliphatic heterocycles. The van der Waals surface area contributed by atoms with Crippen LogP contribution in [0, 0.1) is 0 Å². The monoisotopic (exact) mass is 242 g/mol. The van der Waals surface area contributed by atoms with Crippen molar-refractivity contribution in [1.29, 1.82) is 0 Å². The van der Waals surface area contributed by atoms with E-state index in [-0.39, 0.29) is 12.1 Å². The molecule has 0 aromatic carbocycles. The number of hydrogen-bond donors (Lipinski definition) is 1. The minimum Gasteiger partial charge on any atom is -0.463 e. The van der Waals surface area contributed by atoms with Gasteiger partial charge in [-0.1, -0.05) is 6.58 Å². The molecule has 17 heavy (non-hydrogen) atoms. The Morgan fingerprint density at radius 2 is 2.41 bits per heavy atom. The van der Waals surface area contributed by atoms with Crippen LogP contribution in [0.25, 0.3) is 0 Å². The van der Waals surface area contributed by atoms with Gasteiger partial charge in [0.25, 0.3) is 0 Å². The molecule has 0 spiro atoms. The molecule has 1 N–H and O–H groups in total. The fraction of sp³-hybridized carbons (Fsp3) is 0.750. The number of esters is 1. The Morgan fingerprint density at radius 1 is 1.65 bits per heavy atom. The van der Waals surface area contributed by atoms with E-state index in [1.807, 2.05) is 0 Å². The van der Waals surface area contributed by atoms with Crippen molar-refractivity contribution in [3.05, 3.63) is 12.2 Å². The Hall–Kier alpha value is -0.910. The molecule has 1 atom stereocenters. The summed E-state index contributed by atoms with van der Waals surface area (Å²) >= 11 is 0. The van der Waals surface area contributed by atoms with E-state index in [0.29, 0.717) is 18.7 Å². The summed E-state index contributed by atoms with van der Waals surface area (Å²) in [5, 5.41) is 3.16. The van der Waals surface area contributed by atoms with Gasteiger partial charge < -0.3 is 19.7 Å². The van der Waals surface area contributed by atoms with Gasteiger partial charge >= 0.3 is 5.97 Å². The van der Waals surface area contributed by atoms with Crippen molar-refractivity contribution in [2.24, 2.45) is 0 Å². The van der Waals surface area contributed by atoms with Crippen LogP contribution in [0.5, 0.6) is 0 Å². The predicted molar refractivity (Wildman–Crippen MR) is 65.9 cm³/mol. The van der Waals surface area contributed by atoms with E-state index in [9.17, 15) is 4.79 Å². The van der Waals surface area contributed by atoms with Gasteiger partial charge in [-0.05, 0) is 14.0 Å². The molecule has 1 rings (SSSR count). The molecule has 5 nitrogen and oxygen atoms in total. The summed E-state index contributed by atoms with van der Waals surface area (Å²) in [6.07, 6.45) is 0.184. The summed E-state index contributed by atoms with van der Waals surface area (Å²) in [7, 11) is 2.08. The van der Waals surface area contributed by atoms with Crippen LogP contribution < -0.4 is 5.32 Å². The van der Waals surface area contributed by atoms with E-state index in [1.54, 1.807) is 6.92 Å². The molecule has 0 saturated carbocycles. The fourth-order valence-electron chi connectivity index (χ4n) is 1.68. The van der Waals surface area contributed by atoms with Gasteiger partial charge in [-0.25, -0.2) is 4.79 Å². The molecule has 0 aromatic rings. The van der Waals surface area contributed by atoms with Crippen molar-refractivity contribution in [3.8, 4) is 0 Å². The molecule has 0 bridgehead atoms. The largest absolute Gasteiger partial charge is 0.463 e. The number of morpholine rings is 1. The highest BCUT2D eigenvalue weighted by atomic mass is 16.5. The first-order valence-electron chi connectivity index (χ1n) is 5.99. The zero-order valence-electron chi connectivity index (χ0n) is 10.7. The molecule has 1 fully saturated rings. The minimum absolute atomic E-state index is 0.184. The minimum atomic E-state index is -0.332. The Bertz CT molecular complexity index is 268. The number of rotatable bonds is 6. The van der Waals surface area contributed by atoms with Crippen molar-refractivity contribution in [2.45, 2.75) is 13.0 Å². The summed E-state index contributed by atoms with van der Waals surface area (Å²) in [4.78, 5) is 13.5. The summed E-state index contributed by atoms with van der Waals surface area (Å²) in [5.74, 6) is -0.332. The standard InChI is InChI=1S/C12H22N2O3/c1-4-16-12(15)10(2)7-13-8-11-9-14(3)5-6-17-11/h11,13H,2,4-9H2,1,3H3. The van der Waals surface area contributed by atoms with E-state index < -0.39 is 0 Å². The van der Waals surface area contributed by atoms with Crippen LogP contribution in [0.15, 0.2) is 12.2 Å². The molecule has 1 unspecified atom stereocenters. The molecule has 0 radical (unpaired) electrons. The van der Waals surface area contributed by atoms with Gasteiger partial charge in [0.05, 0.1) is 19.3 Å². The second kappa shape index (κ2) is 7.42. The number of nitrogens with one attached hydrogen (secondary N) is 1. The topological polar surface area (TPSA) is 50.8 Å². The number of likely N-dealkylation sites (N-methyl/N-ethyl adjacent to an activating group) is 1. The van der Waals surface area contributed by atoms with Crippen molar-refractivity contribution >= 4 is 5.97 Å². The highest BCUT2D eigenvalue weighted by Crippen LogP contribution is 2.01. The summed E-state index contributed by atoms with van der Waals surface area (Å²) in [6, 6.07) is 0. The van der Waals surface area contributed by atoms with Crippen molar-refractivity contribution in [3.63, 3.8) is 0 Å². The number of nitrogens with zero attached hydrogens (tertiary/aromatic N) is 1. The third-order valence-corrected chi connectivity index (χ3v) is 2.62. The zero-order chi connectivity index (χ0) is 12.7. The molecule has 1 heterocycles. The first kappa shape index (κ1) is 14.2. The lowest BCUT2D eigenvalue weighted by atomic mass is 10.2. The number of ether oxygens (including phenoxy) is 2. The molecular weight excluding hydrogens is 220 g/mol. The van der Waals surface area contributed by atoms with Gasteiger partial charge in [0.15, 0.2) is 0 Å². The summed E-state index contributed by atoms with van der Waals surface area (Å²) < 4.78 is 10.4. The smallest absolute Gasteiger partial charge is 0.334 e. The van der Waals surface area contributed by atoms with Crippen molar-refractivity contribution in [1.82, 2.24) is 10.2 Å². The lowest BCUT2D eigenvalue weighted by molar-refractivity contribution is -0.138. The summed E-state index contributed by atoms with van der Waals surface area (Å²) in [5.41, 5.74) is 0.455. The predicted octanol–water partition coefficient (Wildman–Crippen LogP) is 0.0259. The zero-order valence-corrected chi connectivity index (χ0v) is 10.7. The molecule has 98 valence electrons. The van der Waals surface area contributed by atoms with Crippen LogP contribution in [-0.2, 0) is 14.3 Å². The Kier molecular flexibility index (Phi) is 6.18. The first-order chi connectivity index (χ1) is 8.13. The van der Waals surface area contributed by atoms with Gasteiger partial charge in [-0.2, -0.15) is 0 Å². The molecular formula is C12H22N2O3. The van der Waals surface area contributed by atoms with Gasteiger partial charge in [-0.15, -0.1) is 0 Å². The van der Waals surface area contributed by atoms with Crippen molar-refractivity contribution in [2.75, 3.05) is 46.4 Å².